The van der Waals surface area contributed by atoms with Gasteiger partial charge in [-0.3, -0.25) is 9.48 Å². The van der Waals surface area contributed by atoms with Crippen LogP contribution in [0.15, 0.2) is 18.6 Å². The van der Waals surface area contributed by atoms with E-state index in [-0.39, 0.29) is 5.91 Å². The third-order valence-corrected chi connectivity index (χ3v) is 5.00. The lowest BCUT2D eigenvalue weighted by molar-refractivity contribution is 0.0679. The van der Waals surface area contributed by atoms with E-state index in [4.69, 9.17) is 0 Å². The lowest BCUT2D eigenvalue weighted by Gasteiger charge is -2.32. The highest BCUT2D eigenvalue weighted by molar-refractivity contribution is 7.16. The van der Waals surface area contributed by atoms with Crippen molar-refractivity contribution in [3.8, 4) is 10.6 Å². The minimum atomic E-state index is 0.105. The average molecular weight is 319 g/mol. The smallest absolute Gasteiger partial charge is 0.265 e. The van der Waals surface area contributed by atoms with Crippen molar-refractivity contribution in [3.63, 3.8) is 0 Å². The van der Waals surface area contributed by atoms with Gasteiger partial charge >= 0.3 is 0 Å². The fraction of sp³-hybridized carbons (Fsp3) is 0.533. The first-order valence-electron chi connectivity index (χ1n) is 7.56. The van der Waals surface area contributed by atoms with E-state index >= 15 is 0 Å². The summed E-state index contributed by atoms with van der Waals surface area (Å²) in [5.41, 5.74) is 0.957. The summed E-state index contributed by atoms with van der Waals surface area (Å²) in [6, 6.07) is 0. The SMILES string of the molecule is CNC[C@H]1CCCN(C(=O)c2cnc(-c3cnn(C)c3)s2)C1. The van der Waals surface area contributed by atoms with Crippen LogP contribution in [0.25, 0.3) is 10.6 Å². The summed E-state index contributed by atoms with van der Waals surface area (Å²) in [5.74, 6) is 0.654. The standard InChI is InChI=1S/C15H21N5OS/c1-16-6-11-4-3-5-20(9-11)15(21)13-8-17-14(22-13)12-7-18-19(2)10-12/h7-8,10-11,16H,3-6,9H2,1-2H3/t11-/m1/s1. The molecule has 3 rings (SSSR count). The van der Waals surface area contributed by atoms with E-state index in [1.54, 1.807) is 17.1 Å². The molecule has 0 radical (unpaired) electrons. The van der Waals surface area contributed by atoms with Crippen molar-refractivity contribution in [1.29, 1.82) is 0 Å². The molecule has 0 unspecified atom stereocenters. The quantitative estimate of drug-likeness (QED) is 0.930. The van der Waals surface area contributed by atoms with Crippen LogP contribution in [-0.2, 0) is 7.05 Å². The molecule has 1 aliphatic heterocycles. The average Bonchev–Trinajstić information content (AvgIpc) is 3.16. The van der Waals surface area contributed by atoms with Gasteiger partial charge in [0, 0.05) is 31.9 Å². The number of thiazole rings is 1. The summed E-state index contributed by atoms with van der Waals surface area (Å²) in [7, 11) is 3.84. The van der Waals surface area contributed by atoms with Crippen molar-refractivity contribution >= 4 is 17.2 Å². The van der Waals surface area contributed by atoms with E-state index in [0.29, 0.717) is 10.8 Å². The fourth-order valence-electron chi connectivity index (χ4n) is 2.90. The van der Waals surface area contributed by atoms with Crippen molar-refractivity contribution < 1.29 is 4.79 Å². The normalized spacial score (nSPS) is 18.6. The second-order valence-electron chi connectivity index (χ2n) is 5.75. The minimum Gasteiger partial charge on any atom is -0.338 e. The molecule has 1 saturated heterocycles. The van der Waals surface area contributed by atoms with Crippen molar-refractivity contribution in [1.82, 2.24) is 25.0 Å². The molecule has 1 atom stereocenters. The molecular formula is C15H21N5OS. The van der Waals surface area contributed by atoms with Gasteiger partial charge < -0.3 is 10.2 Å². The number of hydrogen-bond acceptors (Lipinski definition) is 5. The molecule has 118 valence electrons. The topological polar surface area (TPSA) is 63.1 Å². The predicted octanol–water partition coefficient (Wildman–Crippen LogP) is 1.62. The Morgan fingerprint density at radius 2 is 2.36 bits per heavy atom. The van der Waals surface area contributed by atoms with Crippen LogP contribution in [-0.4, -0.2) is 52.3 Å². The maximum absolute atomic E-state index is 12.7. The number of piperidine rings is 1. The Hall–Kier alpha value is -1.73. The van der Waals surface area contributed by atoms with Crippen LogP contribution >= 0.6 is 11.3 Å². The fourth-order valence-corrected chi connectivity index (χ4v) is 3.76. The zero-order valence-corrected chi connectivity index (χ0v) is 13.8. The van der Waals surface area contributed by atoms with Crippen LogP contribution in [0.3, 0.4) is 0 Å². The summed E-state index contributed by atoms with van der Waals surface area (Å²) >= 11 is 1.44. The Labute approximate surface area is 134 Å². The maximum atomic E-state index is 12.7. The number of nitrogens with zero attached hydrogens (tertiary/aromatic N) is 4. The molecule has 0 bridgehead atoms. The Balaban J connectivity index is 1.71. The number of amides is 1. The molecule has 3 heterocycles. The Morgan fingerprint density at radius 1 is 1.50 bits per heavy atom. The lowest BCUT2D eigenvalue weighted by Crippen LogP contribution is -2.42. The number of carbonyl (C=O) groups excluding carboxylic acids is 1. The van der Waals surface area contributed by atoms with E-state index in [1.807, 2.05) is 25.2 Å². The first kappa shape index (κ1) is 15.2. The van der Waals surface area contributed by atoms with Gasteiger partial charge in [-0.25, -0.2) is 4.98 Å². The van der Waals surface area contributed by atoms with Crippen LogP contribution in [0, 0.1) is 5.92 Å². The van der Waals surface area contributed by atoms with Gasteiger partial charge in [0.1, 0.15) is 9.88 Å². The molecule has 7 heteroatoms. The van der Waals surface area contributed by atoms with Gasteiger partial charge in [0.05, 0.1) is 12.4 Å². The highest BCUT2D eigenvalue weighted by Crippen LogP contribution is 2.26. The molecule has 0 spiro atoms. The van der Waals surface area contributed by atoms with Gasteiger partial charge in [-0.05, 0) is 32.4 Å². The van der Waals surface area contributed by atoms with Crippen molar-refractivity contribution in [3.05, 3.63) is 23.5 Å². The van der Waals surface area contributed by atoms with Crippen LogP contribution < -0.4 is 5.32 Å². The van der Waals surface area contributed by atoms with Gasteiger partial charge in [0.2, 0.25) is 0 Å². The zero-order valence-electron chi connectivity index (χ0n) is 13.0. The second kappa shape index (κ2) is 6.58. The predicted molar refractivity (Wildman–Crippen MR) is 86.9 cm³/mol. The van der Waals surface area contributed by atoms with Crippen LogP contribution in [0.4, 0.5) is 0 Å². The Morgan fingerprint density at radius 3 is 3.09 bits per heavy atom. The number of likely N-dealkylation sites (tertiary alicyclic amines) is 1. The lowest BCUT2D eigenvalue weighted by atomic mass is 9.98. The molecule has 0 aliphatic carbocycles. The maximum Gasteiger partial charge on any atom is 0.265 e. The molecular weight excluding hydrogens is 298 g/mol. The van der Waals surface area contributed by atoms with E-state index in [2.05, 4.69) is 15.4 Å². The van der Waals surface area contributed by atoms with Gasteiger partial charge in [-0.1, -0.05) is 0 Å². The number of rotatable bonds is 4. The summed E-state index contributed by atoms with van der Waals surface area (Å²) in [6.45, 7) is 2.65. The summed E-state index contributed by atoms with van der Waals surface area (Å²) in [6.07, 6.45) is 7.64. The molecule has 2 aromatic heterocycles. The number of hydrogen-bond donors (Lipinski definition) is 1. The van der Waals surface area contributed by atoms with E-state index < -0.39 is 0 Å². The zero-order chi connectivity index (χ0) is 15.5. The van der Waals surface area contributed by atoms with Gasteiger partial charge in [0.15, 0.2) is 0 Å². The van der Waals surface area contributed by atoms with Gasteiger partial charge in [-0.2, -0.15) is 5.10 Å². The molecule has 1 aliphatic rings. The van der Waals surface area contributed by atoms with Gasteiger partial charge in [-0.15, -0.1) is 11.3 Å². The highest BCUT2D eigenvalue weighted by atomic mass is 32.1. The molecule has 1 N–H and O–H groups in total. The third-order valence-electron chi connectivity index (χ3n) is 3.97. The number of aromatic nitrogens is 3. The van der Waals surface area contributed by atoms with Gasteiger partial charge in [0.25, 0.3) is 5.91 Å². The summed E-state index contributed by atoms with van der Waals surface area (Å²) in [5, 5.41) is 8.20. The molecule has 22 heavy (non-hydrogen) atoms. The van der Waals surface area contributed by atoms with Crippen LogP contribution in [0.2, 0.25) is 0 Å². The number of nitrogens with one attached hydrogen (secondary N) is 1. The third kappa shape index (κ3) is 3.20. The molecule has 0 aromatic carbocycles. The number of carbonyl (C=O) groups is 1. The molecule has 0 saturated carbocycles. The molecule has 1 amide bonds. The first-order chi connectivity index (χ1) is 10.7. The van der Waals surface area contributed by atoms with Crippen LogP contribution in [0.5, 0.6) is 0 Å². The second-order valence-corrected chi connectivity index (χ2v) is 6.78. The van der Waals surface area contributed by atoms with E-state index in [1.165, 1.54) is 17.8 Å². The molecule has 6 nitrogen and oxygen atoms in total. The minimum absolute atomic E-state index is 0.105. The van der Waals surface area contributed by atoms with Crippen molar-refractivity contribution in [2.24, 2.45) is 13.0 Å². The Kier molecular flexibility index (Phi) is 4.54. The summed E-state index contributed by atoms with van der Waals surface area (Å²) in [4.78, 5) is 19.7. The molecule has 1 fully saturated rings. The molecule has 2 aromatic rings. The van der Waals surface area contributed by atoms with Crippen molar-refractivity contribution in [2.75, 3.05) is 26.7 Å². The highest BCUT2D eigenvalue weighted by Gasteiger charge is 2.25. The summed E-state index contributed by atoms with van der Waals surface area (Å²) < 4.78 is 1.74. The van der Waals surface area contributed by atoms with Crippen LogP contribution in [0.1, 0.15) is 22.5 Å². The number of aryl methyl sites for hydroxylation is 1. The largest absolute Gasteiger partial charge is 0.338 e. The van der Waals surface area contributed by atoms with Crippen molar-refractivity contribution in [2.45, 2.75) is 12.8 Å². The monoisotopic (exact) mass is 319 g/mol. The van der Waals surface area contributed by atoms with E-state index in [9.17, 15) is 4.79 Å². The van der Waals surface area contributed by atoms with E-state index in [0.717, 1.165) is 36.6 Å². The first-order valence-corrected chi connectivity index (χ1v) is 8.37. The Bertz CT molecular complexity index is 648.